The van der Waals surface area contributed by atoms with Crippen molar-refractivity contribution in [2.75, 3.05) is 20.8 Å². The van der Waals surface area contributed by atoms with E-state index in [2.05, 4.69) is 17.2 Å². The van der Waals surface area contributed by atoms with E-state index in [0.717, 1.165) is 23.6 Å². The Morgan fingerprint density at radius 3 is 2.81 bits per heavy atom. The molecule has 3 nitrogen and oxygen atoms in total. The van der Waals surface area contributed by atoms with Gasteiger partial charge in [0.1, 0.15) is 18.1 Å². The van der Waals surface area contributed by atoms with Crippen LogP contribution in [0.2, 0.25) is 0 Å². The quantitative estimate of drug-likeness (QED) is 0.766. The molecule has 16 heavy (non-hydrogen) atoms. The first-order chi connectivity index (χ1) is 7.81. The second kappa shape index (κ2) is 6.76. The zero-order chi connectivity index (χ0) is 11.8. The van der Waals surface area contributed by atoms with Gasteiger partial charge in [0, 0.05) is 12.1 Å². The third-order valence-electron chi connectivity index (χ3n) is 2.11. The highest BCUT2D eigenvalue weighted by molar-refractivity contribution is 5.40. The monoisotopic (exact) mass is 219 g/mol. The lowest BCUT2D eigenvalue weighted by molar-refractivity contribution is 0.362. The normalized spacial score (nSPS) is 9.19. The van der Waals surface area contributed by atoms with Crippen LogP contribution < -0.4 is 14.8 Å². The third kappa shape index (κ3) is 3.48. The van der Waals surface area contributed by atoms with Gasteiger partial charge in [-0.3, -0.25) is 0 Å². The number of ether oxygens (including phenoxy) is 2. The van der Waals surface area contributed by atoms with Gasteiger partial charge in [0.25, 0.3) is 0 Å². The molecule has 1 rings (SSSR count). The lowest BCUT2D eigenvalue weighted by atomic mass is 10.2. The van der Waals surface area contributed by atoms with Gasteiger partial charge >= 0.3 is 0 Å². The van der Waals surface area contributed by atoms with Crippen LogP contribution in [-0.4, -0.2) is 20.8 Å². The van der Waals surface area contributed by atoms with Gasteiger partial charge in [-0.25, -0.2) is 0 Å². The summed E-state index contributed by atoms with van der Waals surface area (Å²) in [4.78, 5) is 0. The first kappa shape index (κ1) is 12.4. The summed E-state index contributed by atoms with van der Waals surface area (Å²) < 4.78 is 10.7. The Balaban J connectivity index is 2.82. The maximum atomic E-state index is 5.56. The van der Waals surface area contributed by atoms with Gasteiger partial charge in [-0.1, -0.05) is 5.92 Å². The minimum atomic E-state index is 0.416. The van der Waals surface area contributed by atoms with E-state index >= 15 is 0 Å². The van der Waals surface area contributed by atoms with Gasteiger partial charge in [0.2, 0.25) is 0 Å². The smallest absolute Gasteiger partial charge is 0.149 e. The summed E-state index contributed by atoms with van der Waals surface area (Å²) in [6.07, 6.45) is 0. The molecule has 1 aromatic rings. The van der Waals surface area contributed by atoms with Gasteiger partial charge in [-0.2, -0.15) is 0 Å². The van der Waals surface area contributed by atoms with Gasteiger partial charge in [-0.15, -0.1) is 5.92 Å². The van der Waals surface area contributed by atoms with E-state index in [9.17, 15) is 0 Å². The molecule has 0 heterocycles. The van der Waals surface area contributed by atoms with Crippen LogP contribution in [0.5, 0.6) is 11.5 Å². The second-order valence-electron chi connectivity index (χ2n) is 3.22. The minimum absolute atomic E-state index is 0.416. The Morgan fingerprint density at radius 2 is 2.19 bits per heavy atom. The predicted molar refractivity (Wildman–Crippen MR) is 64.7 cm³/mol. The summed E-state index contributed by atoms with van der Waals surface area (Å²) in [7, 11) is 3.55. The molecule has 0 aliphatic heterocycles. The SMILES string of the molecule is CC#CCOc1ccc(OC)cc1CNC. The third-order valence-corrected chi connectivity index (χ3v) is 2.11. The molecule has 0 fully saturated rings. The van der Waals surface area contributed by atoms with Crippen molar-refractivity contribution in [3.05, 3.63) is 23.8 Å². The second-order valence-corrected chi connectivity index (χ2v) is 3.22. The fourth-order valence-electron chi connectivity index (χ4n) is 1.34. The molecule has 86 valence electrons. The topological polar surface area (TPSA) is 30.5 Å². The molecule has 0 aliphatic rings. The number of rotatable bonds is 5. The van der Waals surface area contributed by atoms with Crippen molar-refractivity contribution in [3.63, 3.8) is 0 Å². The molecule has 1 N–H and O–H groups in total. The number of nitrogens with one attached hydrogen (secondary N) is 1. The fraction of sp³-hybridized carbons (Fsp3) is 0.385. The van der Waals surface area contributed by atoms with Crippen molar-refractivity contribution in [2.45, 2.75) is 13.5 Å². The van der Waals surface area contributed by atoms with Crippen molar-refractivity contribution in [2.24, 2.45) is 0 Å². The molecular weight excluding hydrogens is 202 g/mol. The molecule has 0 saturated carbocycles. The van der Waals surface area contributed by atoms with Crippen LogP contribution >= 0.6 is 0 Å². The van der Waals surface area contributed by atoms with Crippen molar-refractivity contribution in [3.8, 4) is 23.3 Å². The molecule has 0 saturated heterocycles. The number of hydrogen-bond acceptors (Lipinski definition) is 3. The molecule has 0 atom stereocenters. The summed E-state index contributed by atoms with van der Waals surface area (Å²) >= 11 is 0. The van der Waals surface area contributed by atoms with Crippen LogP contribution in [0.3, 0.4) is 0 Å². The van der Waals surface area contributed by atoms with Crippen molar-refractivity contribution < 1.29 is 9.47 Å². The zero-order valence-corrected chi connectivity index (χ0v) is 9.96. The Labute approximate surface area is 96.8 Å². The van der Waals surface area contributed by atoms with Crippen LogP contribution in [0.15, 0.2) is 18.2 Å². The molecule has 0 unspecified atom stereocenters. The lowest BCUT2D eigenvalue weighted by Gasteiger charge is -2.10. The lowest BCUT2D eigenvalue weighted by Crippen LogP contribution is -2.08. The summed E-state index contributed by atoms with van der Waals surface area (Å²) in [5, 5.41) is 3.09. The maximum Gasteiger partial charge on any atom is 0.149 e. The average molecular weight is 219 g/mol. The van der Waals surface area contributed by atoms with Crippen LogP contribution in [0, 0.1) is 11.8 Å². The standard InChI is InChI=1S/C13H17NO2/c1-4-5-8-16-13-7-6-12(15-3)9-11(13)10-14-2/h6-7,9,14H,8,10H2,1-3H3. The Hall–Kier alpha value is -1.66. The van der Waals surface area contributed by atoms with Crippen molar-refractivity contribution in [1.29, 1.82) is 0 Å². The molecule has 1 aromatic carbocycles. The Kier molecular flexibility index (Phi) is 5.24. The first-order valence-corrected chi connectivity index (χ1v) is 5.15. The van der Waals surface area contributed by atoms with Gasteiger partial charge < -0.3 is 14.8 Å². The van der Waals surface area contributed by atoms with Gasteiger partial charge in [0.05, 0.1) is 7.11 Å². The average Bonchev–Trinajstić information content (AvgIpc) is 2.31. The van der Waals surface area contributed by atoms with Gasteiger partial charge in [0.15, 0.2) is 0 Å². The van der Waals surface area contributed by atoms with E-state index < -0.39 is 0 Å². The van der Waals surface area contributed by atoms with Gasteiger partial charge in [-0.05, 0) is 32.2 Å². The summed E-state index contributed by atoms with van der Waals surface area (Å²) in [5.41, 5.74) is 1.07. The molecule has 3 heteroatoms. The predicted octanol–water partition coefficient (Wildman–Crippen LogP) is 1.82. The van der Waals surface area contributed by atoms with Crippen LogP contribution in [0.1, 0.15) is 12.5 Å². The molecule has 0 spiro atoms. The molecule has 0 bridgehead atoms. The molecule has 0 radical (unpaired) electrons. The highest BCUT2D eigenvalue weighted by Crippen LogP contribution is 2.23. The van der Waals surface area contributed by atoms with E-state index in [0.29, 0.717) is 6.61 Å². The molecule has 0 aromatic heterocycles. The minimum Gasteiger partial charge on any atom is -0.497 e. The number of hydrogen-bond donors (Lipinski definition) is 1. The van der Waals surface area contributed by atoms with Crippen LogP contribution in [0.4, 0.5) is 0 Å². The first-order valence-electron chi connectivity index (χ1n) is 5.15. The molecule has 0 aliphatic carbocycles. The van der Waals surface area contributed by atoms with E-state index in [4.69, 9.17) is 9.47 Å². The van der Waals surface area contributed by atoms with E-state index in [1.54, 1.807) is 14.0 Å². The van der Waals surface area contributed by atoms with Crippen LogP contribution in [0.25, 0.3) is 0 Å². The highest BCUT2D eigenvalue weighted by atomic mass is 16.5. The van der Waals surface area contributed by atoms with E-state index in [1.807, 2.05) is 25.2 Å². The number of benzene rings is 1. The van der Waals surface area contributed by atoms with Crippen molar-refractivity contribution >= 4 is 0 Å². The maximum absolute atomic E-state index is 5.56. The van der Waals surface area contributed by atoms with Crippen LogP contribution in [-0.2, 0) is 6.54 Å². The zero-order valence-electron chi connectivity index (χ0n) is 9.96. The van der Waals surface area contributed by atoms with Crippen molar-refractivity contribution in [1.82, 2.24) is 5.32 Å². The summed E-state index contributed by atoms with van der Waals surface area (Å²) in [5.74, 6) is 7.35. The molecule has 0 amide bonds. The summed E-state index contributed by atoms with van der Waals surface area (Å²) in [6, 6.07) is 5.75. The van der Waals surface area contributed by atoms with E-state index in [-0.39, 0.29) is 0 Å². The highest BCUT2D eigenvalue weighted by Gasteiger charge is 2.04. The largest absolute Gasteiger partial charge is 0.497 e. The van der Waals surface area contributed by atoms with E-state index in [1.165, 1.54) is 0 Å². The Morgan fingerprint density at radius 1 is 1.38 bits per heavy atom. The summed E-state index contributed by atoms with van der Waals surface area (Å²) in [6.45, 7) is 2.96. The molecular formula is C13H17NO2. The fourth-order valence-corrected chi connectivity index (χ4v) is 1.34. The number of methoxy groups -OCH3 is 1. The Bertz CT molecular complexity index is 391.